The van der Waals surface area contributed by atoms with E-state index >= 15 is 0 Å². The van der Waals surface area contributed by atoms with Crippen LogP contribution >= 0.6 is 45.2 Å². The van der Waals surface area contributed by atoms with Gasteiger partial charge < -0.3 is 10.8 Å². The summed E-state index contributed by atoms with van der Waals surface area (Å²) in [5.74, 6) is -1.34. The van der Waals surface area contributed by atoms with Crippen molar-refractivity contribution in [1.29, 1.82) is 0 Å². The quantitative estimate of drug-likeness (QED) is 0.502. The molecule has 20 heavy (non-hydrogen) atoms. The molecule has 0 aromatic heterocycles. The molecule has 104 valence electrons. The van der Waals surface area contributed by atoms with Crippen LogP contribution in [0.5, 0.6) is 0 Å². The van der Waals surface area contributed by atoms with E-state index in [-0.39, 0.29) is 0 Å². The summed E-state index contributed by atoms with van der Waals surface area (Å²) in [6.07, 6.45) is 0.464. The first-order valence-electron chi connectivity index (χ1n) is 6.00. The fourth-order valence-electron chi connectivity index (χ4n) is 2.02. The second kappa shape index (κ2) is 6.75. The molecule has 0 aliphatic rings. The number of hydrogen-bond donors (Lipinski definition) is 2. The zero-order valence-corrected chi connectivity index (χ0v) is 14.8. The Morgan fingerprint density at radius 3 is 2.20 bits per heavy atom. The molecule has 0 saturated heterocycles. The van der Waals surface area contributed by atoms with Crippen LogP contribution in [0.3, 0.4) is 0 Å². The molecule has 3 N–H and O–H groups in total. The number of carboxylic acid groups (broad SMARTS) is 1. The van der Waals surface area contributed by atoms with Crippen molar-refractivity contribution in [3.05, 3.63) is 60.7 Å². The minimum atomic E-state index is -0.807. The van der Waals surface area contributed by atoms with Crippen LogP contribution < -0.4 is 5.73 Å². The molecule has 3 nitrogen and oxygen atoms in total. The number of benzene rings is 2. The van der Waals surface area contributed by atoms with Crippen LogP contribution in [0.25, 0.3) is 0 Å². The molecule has 2 aromatic rings. The summed E-state index contributed by atoms with van der Waals surface area (Å²) in [7, 11) is 0. The van der Waals surface area contributed by atoms with Crippen LogP contribution in [0.4, 0.5) is 5.69 Å². The maximum absolute atomic E-state index is 11.5. The zero-order chi connectivity index (χ0) is 14.7. The molecule has 0 fully saturated rings. The molecule has 0 aliphatic heterocycles. The van der Waals surface area contributed by atoms with Crippen molar-refractivity contribution >= 4 is 56.8 Å². The Balaban J connectivity index is 2.32. The van der Waals surface area contributed by atoms with Gasteiger partial charge in [-0.05, 0) is 74.9 Å². The van der Waals surface area contributed by atoms with Crippen molar-refractivity contribution in [3.63, 3.8) is 0 Å². The summed E-state index contributed by atoms with van der Waals surface area (Å²) >= 11 is 4.35. The monoisotopic (exact) mass is 493 g/mol. The van der Waals surface area contributed by atoms with Gasteiger partial charge in [0.2, 0.25) is 0 Å². The Morgan fingerprint density at radius 1 is 1.15 bits per heavy atom. The smallest absolute Gasteiger partial charge is 0.311 e. The van der Waals surface area contributed by atoms with Crippen LogP contribution in [-0.2, 0) is 11.2 Å². The third-order valence-corrected chi connectivity index (χ3v) is 4.86. The molecule has 0 bridgehead atoms. The van der Waals surface area contributed by atoms with Crippen molar-refractivity contribution in [3.8, 4) is 0 Å². The Kier molecular flexibility index (Phi) is 5.25. The van der Waals surface area contributed by atoms with Gasteiger partial charge in [0, 0.05) is 7.14 Å². The van der Waals surface area contributed by atoms with Gasteiger partial charge in [-0.25, -0.2) is 0 Å². The number of carboxylic acids is 1. The zero-order valence-electron chi connectivity index (χ0n) is 10.5. The van der Waals surface area contributed by atoms with Gasteiger partial charge in [-0.15, -0.1) is 0 Å². The van der Waals surface area contributed by atoms with Crippen molar-refractivity contribution in [1.82, 2.24) is 0 Å². The molecule has 0 radical (unpaired) electrons. The average Bonchev–Trinajstić information content (AvgIpc) is 2.42. The third-order valence-electron chi connectivity index (χ3n) is 3.08. The normalized spacial score (nSPS) is 12.1. The van der Waals surface area contributed by atoms with Crippen molar-refractivity contribution in [2.75, 3.05) is 5.73 Å². The summed E-state index contributed by atoms with van der Waals surface area (Å²) in [4.78, 5) is 11.5. The van der Waals surface area contributed by atoms with Crippen molar-refractivity contribution < 1.29 is 9.90 Å². The minimum Gasteiger partial charge on any atom is -0.481 e. The molecule has 1 atom stereocenters. The fraction of sp³-hybridized carbons (Fsp3) is 0.133. The molecule has 5 heteroatoms. The fourth-order valence-corrected chi connectivity index (χ4v) is 3.92. The lowest BCUT2D eigenvalue weighted by atomic mass is 9.92. The highest BCUT2D eigenvalue weighted by atomic mass is 127. The molecule has 2 aromatic carbocycles. The number of halogens is 2. The lowest BCUT2D eigenvalue weighted by molar-refractivity contribution is -0.138. The molecule has 0 aliphatic carbocycles. The number of anilines is 1. The standard InChI is InChI=1S/C15H13I2NO2/c16-12-7-9(8-13(17)14(12)18)6-11(15(19)20)10-4-2-1-3-5-10/h1-5,7-8,11H,6,18H2,(H,19,20). The first-order chi connectivity index (χ1) is 9.49. The van der Waals surface area contributed by atoms with Gasteiger partial charge in [0.15, 0.2) is 0 Å². The van der Waals surface area contributed by atoms with E-state index in [1.54, 1.807) is 0 Å². The van der Waals surface area contributed by atoms with Crippen LogP contribution in [-0.4, -0.2) is 11.1 Å². The van der Waals surface area contributed by atoms with E-state index in [4.69, 9.17) is 5.73 Å². The van der Waals surface area contributed by atoms with E-state index in [0.717, 1.165) is 24.0 Å². The topological polar surface area (TPSA) is 63.3 Å². The molecular weight excluding hydrogens is 480 g/mol. The van der Waals surface area contributed by atoms with Crippen LogP contribution in [0.2, 0.25) is 0 Å². The van der Waals surface area contributed by atoms with Gasteiger partial charge in [0.25, 0.3) is 0 Å². The molecule has 1 unspecified atom stereocenters. The number of hydrogen-bond acceptors (Lipinski definition) is 2. The lowest BCUT2D eigenvalue weighted by Gasteiger charge is -2.14. The van der Waals surface area contributed by atoms with Crippen LogP contribution in [0.15, 0.2) is 42.5 Å². The highest BCUT2D eigenvalue weighted by Crippen LogP contribution is 2.27. The Morgan fingerprint density at radius 2 is 1.70 bits per heavy atom. The first kappa shape index (κ1) is 15.6. The highest BCUT2D eigenvalue weighted by molar-refractivity contribution is 14.1. The highest BCUT2D eigenvalue weighted by Gasteiger charge is 2.20. The predicted molar refractivity (Wildman–Crippen MR) is 96.8 cm³/mol. The Bertz CT molecular complexity index is 606. The molecule has 0 heterocycles. The molecule has 0 spiro atoms. The van der Waals surface area contributed by atoms with Gasteiger partial charge in [0.05, 0.1) is 11.6 Å². The first-order valence-corrected chi connectivity index (χ1v) is 8.16. The van der Waals surface area contributed by atoms with Gasteiger partial charge in [0.1, 0.15) is 0 Å². The average molecular weight is 493 g/mol. The van der Waals surface area contributed by atoms with E-state index in [9.17, 15) is 9.90 Å². The summed E-state index contributed by atoms with van der Waals surface area (Å²) in [5.41, 5.74) is 8.48. The number of nitrogens with two attached hydrogens (primary N) is 1. The summed E-state index contributed by atoms with van der Waals surface area (Å²) < 4.78 is 1.92. The van der Waals surface area contributed by atoms with Crippen LogP contribution in [0.1, 0.15) is 17.0 Å². The van der Waals surface area contributed by atoms with Gasteiger partial charge >= 0.3 is 5.97 Å². The van der Waals surface area contributed by atoms with E-state index in [2.05, 4.69) is 45.2 Å². The second-order valence-corrected chi connectivity index (χ2v) is 6.80. The predicted octanol–water partition coefficient (Wildman–Crippen LogP) is 3.89. The van der Waals surface area contributed by atoms with Crippen molar-refractivity contribution in [2.24, 2.45) is 0 Å². The van der Waals surface area contributed by atoms with Gasteiger partial charge in [-0.3, -0.25) is 4.79 Å². The van der Waals surface area contributed by atoms with E-state index < -0.39 is 11.9 Å². The van der Waals surface area contributed by atoms with Crippen molar-refractivity contribution in [2.45, 2.75) is 12.3 Å². The van der Waals surface area contributed by atoms with Crippen LogP contribution in [0, 0.1) is 7.14 Å². The second-order valence-electron chi connectivity index (χ2n) is 4.48. The molecular formula is C15H13I2NO2. The third kappa shape index (κ3) is 3.63. The minimum absolute atomic E-state index is 0.464. The SMILES string of the molecule is Nc1c(I)cc(CC(C(=O)O)c2ccccc2)cc1I. The number of nitrogen functional groups attached to an aromatic ring is 1. The van der Waals surface area contributed by atoms with E-state index in [1.165, 1.54) is 0 Å². The molecule has 0 saturated carbocycles. The maximum atomic E-state index is 11.5. The molecule has 0 amide bonds. The number of rotatable bonds is 4. The van der Waals surface area contributed by atoms with Gasteiger partial charge in [-0.2, -0.15) is 0 Å². The number of carbonyl (C=O) groups is 1. The molecule has 2 rings (SSSR count). The summed E-state index contributed by atoms with van der Waals surface area (Å²) in [5, 5.41) is 9.45. The maximum Gasteiger partial charge on any atom is 0.311 e. The van der Waals surface area contributed by atoms with Gasteiger partial charge in [-0.1, -0.05) is 30.3 Å². The summed E-state index contributed by atoms with van der Waals surface area (Å²) in [6.45, 7) is 0. The largest absolute Gasteiger partial charge is 0.481 e. The van der Waals surface area contributed by atoms with E-state index in [1.807, 2.05) is 42.5 Å². The Hall–Kier alpha value is -0.830. The summed E-state index contributed by atoms with van der Waals surface area (Å²) in [6, 6.07) is 13.2. The Labute approximate surface area is 144 Å². The number of aliphatic carboxylic acids is 1. The lowest BCUT2D eigenvalue weighted by Crippen LogP contribution is -2.14. The van der Waals surface area contributed by atoms with E-state index in [0.29, 0.717) is 6.42 Å².